The molecule has 1 aliphatic rings. The van der Waals surface area contributed by atoms with Crippen molar-refractivity contribution in [3.05, 3.63) is 41.0 Å². The number of hydrogen-bond acceptors (Lipinski definition) is 6. The number of aryl methyl sites for hydroxylation is 1. The number of imidazole rings is 1. The summed E-state index contributed by atoms with van der Waals surface area (Å²) in [6.45, 7) is 8.87. The Balaban J connectivity index is 2.11. The third-order valence-electron chi connectivity index (χ3n) is 4.52. The van der Waals surface area contributed by atoms with Gasteiger partial charge >= 0.3 is 0 Å². The first kappa shape index (κ1) is 19.9. The van der Waals surface area contributed by atoms with Crippen LogP contribution in [0.15, 0.2) is 34.8 Å². The van der Waals surface area contributed by atoms with E-state index in [1.165, 1.54) is 0 Å². The summed E-state index contributed by atoms with van der Waals surface area (Å²) in [6.07, 6.45) is 5.00. The first-order valence-electron chi connectivity index (χ1n) is 9.12. The van der Waals surface area contributed by atoms with Gasteiger partial charge in [0, 0.05) is 30.6 Å². The van der Waals surface area contributed by atoms with Crippen molar-refractivity contribution in [1.82, 2.24) is 14.9 Å². The molecule has 0 saturated heterocycles. The third-order valence-corrected chi connectivity index (χ3v) is 5.67. The molecule has 0 saturated carbocycles. The molecule has 1 aliphatic heterocycles. The molecule has 2 heterocycles. The molecule has 7 heteroatoms. The smallest absolute Gasteiger partial charge is 0.231 e. The number of benzene rings is 1. The number of aromatic nitrogens is 2. The lowest BCUT2D eigenvalue weighted by Gasteiger charge is -2.09. The number of nitriles is 1. The largest absolute Gasteiger partial charge is 0.454 e. The van der Waals surface area contributed by atoms with Crippen LogP contribution < -0.4 is 25.5 Å². The summed E-state index contributed by atoms with van der Waals surface area (Å²) in [4.78, 5) is 5.97. The lowest BCUT2D eigenvalue weighted by Crippen LogP contribution is -2.34. The van der Waals surface area contributed by atoms with Crippen molar-refractivity contribution < 1.29 is 9.47 Å². The minimum absolute atomic E-state index is 0.255. The highest BCUT2D eigenvalue weighted by Crippen LogP contribution is 2.39. The summed E-state index contributed by atoms with van der Waals surface area (Å²) in [5.41, 5.74) is 2.09. The molecule has 0 atom stereocenters. The van der Waals surface area contributed by atoms with E-state index in [0.29, 0.717) is 13.0 Å². The molecule has 0 aliphatic carbocycles. The van der Waals surface area contributed by atoms with Crippen LogP contribution >= 0.6 is 11.8 Å². The summed E-state index contributed by atoms with van der Waals surface area (Å²) < 4.78 is 13.2. The molecular formula is C21H24N4O2S. The quantitative estimate of drug-likeness (QED) is 0.726. The van der Waals surface area contributed by atoms with Crippen LogP contribution in [0, 0.1) is 18.3 Å². The van der Waals surface area contributed by atoms with Crippen LogP contribution in [0.2, 0.25) is 0 Å². The fourth-order valence-corrected chi connectivity index (χ4v) is 3.98. The number of allylic oxidation sites excluding steroid dienone is 1. The molecule has 2 aromatic rings. The van der Waals surface area contributed by atoms with E-state index in [1.54, 1.807) is 17.8 Å². The highest BCUT2D eigenvalue weighted by atomic mass is 32.2. The van der Waals surface area contributed by atoms with Gasteiger partial charge in [-0.2, -0.15) is 5.26 Å². The Kier molecular flexibility index (Phi) is 6.32. The summed E-state index contributed by atoms with van der Waals surface area (Å²) in [6, 6.07) is 6.22. The molecule has 3 rings (SSSR count). The Hall–Kier alpha value is -2.85. The number of fused-ring (bicyclic) bond motifs is 1. The van der Waals surface area contributed by atoms with Crippen molar-refractivity contribution in [3.63, 3.8) is 0 Å². The Morgan fingerprint density at radius 1 is 1.43 bits per heavy atom. The van der Waals surface area contributed by atoms with E-state index in [4.69, 9.17) is 19.7 Å². The van der Waals surface area contributed by atoms with E-state index in [2.05, 4.69) is 29.5 Å². The molecule has 1 N–H and O–H groups in total. The average molecular weight is 397 g/mol. The van der Waals surface area contributed by atoms with Gasteiger partial charge in [0.15, 0.2) is 16.7 Å². The summed E-state index contributed by atoms with van der Waals surface area (Å²) in [5.74, 6) is 1.53. The Labute approximate surface area is 169 Å². The molecule has 1 aromatic carbocycles. The number of hydrogen-bond donors (Lipinski definition) is 1. The predicted molar refractivity (Wildman–Crippen MR) is 111 cm³/mol. The minimum atomic E-state index is 0.255. The summed E-state index contributed by atoms with van der Waals surface area (Å²) in [5, 5.41) is 14.9. The molecule has 0 amide bonds. The first-order chi connectivity index (χ1) is 13.6. The van der Waals surface area contributed by atoms with Crippen LogP contribution in [0.5, 0.6) is 11.5 Å². The van der Waals surface area contributed by atoms with Gasteiger partial charge in [-0.3, -0.25) is 0 Å². The summed E-state index contributed by atoms with van der Waals surface area (Å²) >= 11 is 1.59. The fraction of sp³-hybridized carbons (Fsp3) is 0.333. The molecule has 1 aromatic heterocycles. The Morgan fingerprint density at radius 3 is 2.86 bits per heavy atom. The van der Waals surface area contributed by atoms with Gasteiger partial charge in [0.25, 0.3) is 0 Å². The van der Waals surface area contributed by atoms with Crippen LogP contribution in [-0.4, -0.2) is 23.4 Å². The molecular weight excluding hydrogens is 372 g/mol. The Bertz CT molecular complexity index is 1050. The van der Waals surface area contributed by atoms with E-state index in [1.807, 2.05) is 32.2 Å². The maximum absolute atomic E-state index is 8.93. The van der Waals surface area contributed by atoms with Crippen LogP contribution in [0.4, 0.5) is 0 Å². The van der Waals surface area contributed by atoms with Gasteiger partial charge in [-0.25, -0.2) is 4.98 Å². The standard InChI is InChI=1S/C21H24N4O2S/c1-5-8-16-20(15(3)23-4)24-21(25(16)10-7-6-9-22)28-19-12-18-17(11-14(19)2)26-13-27-18/h5,8,11-12,23H,1,6-7,10,13H2,2-4H3/b16-8+,20-15-. The number of rotatable bonds is 7. The lowest BCUT2D eigenvalue weighted by molar-refractivity contribution is 0.174. The van der Waals surface area contributed by atoms with Crippen molar-refractivity contribution in [2.45, 2.75) is 43.3 Å². The zero-order valence-corrected chi connectivity index (χ0v) is 17.2. The van der Waals surface area contributed by atoms with E-state index in [0.717, 1.165) is 49.9 Å². The molecule has 0 spiro atoms. The van der Waals surface area contributed by atoms with E-state index in [-0.39, 0.29) is 6.79 Å². The fourth-order valence-electron chi connectivity index (χ4n) is 2.96. The normalized spacial score (nSPS) is 14.0. The number of unbranched alkanes of at least 4 members (excludes halogenated alkanes) is 1. The molecule has 0 radical (unpaired) electrons. The van der Waals surface area contributed by atoms with Gasteiger partial charge in [-0.1, -0.05) is 24.4 Å². The molecule has 0 unspecified atom stereocenters. The van der Waals surface area contributed by atoms with Crippen molar-refractivity contribution in [2.24, 2.45) is 0 Å². The highest BCUT2D eigenvalue weighted by Gasteiger charge is 2.18. The first-order valence-corrected chi connectivity index (χ1v) is 9.93. The molecule has 0 fully saturated rings. The highest BCUT2D eigenvalue weighted by molar-refractivity contribution is 7.99. The van der Waals surface area contributed by atoms with Gasteiger partial charge in [0.1, 0.15) is 5.35 Å². The van der Waals surface area contributed by atoms with Crippen molar-refractivity contribution in [2.75, 3.05) is 13.8 Å². The lowest BCUT2D eigenvalue weighted by atomic mass is 10.2. The monoisotopic (exact) mass is 396 g/mol. The SMILES string of the molecule is C=C/C=c1\c(=C(/C)NC)nc(Sc2cc3c(cc2C)OCO3)n1CCCC#N. The Morgan fingerprint density at radius 2 is 2.18 bits per heavy atom. The zero-order chi connectivity index (χ0) is 20.1. The average Bonchev–Trinajstić information content (AvgIpc) is 3.27. The van der Waals surface area contributed by atoms with Gasteiger partial charge < -0.3 is 19.4 Å². The van der Waals surface area contributed by atoms with E-state index in [9.17, 15) is 0 Å². The van der Waals surface area contributed by atoms with Crippen LogP contribution in [-0.2, 0) is 6.54 Å². The third kappa shape index (κ3) is 4.02. The van der Waals surface area contributed by atoms with Crippen LogP contribution in [0.1, 0.15) is 25.3 Å². The number of nitrogens with zero attached hydrogens (tertiary/aromatic N) is 3. The maximum atomic E-state index is 8.93. The molecule has 0 bridgehead atoms. The van der Waals surface area contributed by atoms with Crippen LogP contribution in [0.3, 0.4) is 0 Å². The van der Waals surface area contributed by atoms with E-state index >= 15 is 0 Å². The van der Waals surface area contributed by atoms with Gasteiger partial charge in [0.2, 0.25) is 6.79 Å². The van der Waals surface area contributed by atoms with Crippen molar-refractivity contribution in [1.29, 1.82) is 5.26 Å². The second kappa shape index (κ2) is 8.89. The van der Waals surface area contributed by atoms with Gasteiger partial charge in [-0.15, -0.1) is 0 Å². The van der Waals surface area contributed by atoms with Crippen LogP contribution in [0.25, 0.3) is 11.8 Å². The van der Waals surface area contributed by atoms with Crippen molar-refractivity contribution in [3.8, 4) is 17.6 Å². The topological polar surface area (TPSA) is 72.1 Å². The van der Waals surface area contributed by atoms with E-state index < -0.39 is 0 Å². The predicted octanol–water partition coefficient (Wildman–Crippen LogP) is 2.69. The van der Waals surface area contributed by atoms with Gasteiger partial charge in [0.05, 0.1) is 11.4 Å². The van der Waals surface area contributed by atoms with Crippen molar-refractivity contribution >= 4 is 23.5 Å². The molecule has 146 valence electrons. The number of nitrogens with one attached hydrogen (secondary N) is 1. The van der Waals surface area contributed by atoms with Gasteiger partial charge in [-0.05, 0) is 44.0 Å². The summed E-state index contributed by atoms with van der Waals surface area (Å²) in [7, 11) is 1.89. The second-order valence-electron chi connectivity index (χ2n) is 6.39. The minimum Gasteiger partial charge on any atom is -0.454 e. The molecule has 28 heavy (non-hydrogen) atoms. The second-order valence-corrected chi connectivity index (χ2v) is 7.40. The maximum Gasteiger partial charge on any atom is 0.231 e. The zero-order valence-electron chi connectivity index (χ0n) is 16.4. The number of ether oxygens (including phenoxy) is 2. The molecule has 6 nitrogen and oxygen atoms in total.